The van der Waals surface area contributed by atoms with Gasteiger partial charge in [-0.25, -0.2) is 4.79 Å². The van der Waals surface area contributed by atoms with Crippen molar-refractivity contribution < 1.29 is 22.9 Å². The molecule has 0 amide bonds. The number of hydrogen-bond acceptors (Lipinski definition) is 3. The molecular formula is C6H10KO5S. The van der Waals surface area contributed by atoms with Crippen LogP contribution in [-0.2, 0) is 14.9 Å². The molecule has 0 aromatic heterocycles. The SMILES string of the molecule is CC(=CCCS(=O)(=O)O)C(=O)O.[K]. The smallest absolute Gasteiger partial charge is 0.330 e. The molecule has 0 aliphatic rings. The Morgan fingerprint density at radius 2 is 1.92 bits per heavy atom. The van der Waals surface area contributed by atoms with Crippen LogP contribution in [0.3, 0.4) is 0 Å². The number of carboxylic acids is 1. The van der Waals surface area contributed by atoms with E-state index in [9.17, 15) is 13.2 Å². The van der Waals surface area contributed by atoms with E-state index >= 15 is 0 Å². The van der Waals surface area contributed by atoms with Gasteiger partial charge in [-0.2, -0.15) is 8.42 Å². The Labute approximate surface area is 119 Å². The molecule has 1 radical (unpaired) electrons. The summed E-state index contributed by atoms with van der Waals surface area (Å²) in [5, 5.41) is 8.33. The van der Waals surface area contributed by atoms with E-state index in [4.69, 9.17) is 9.66 Å². The monoisotopic (exact) mass is 233 g/mol. The van der Waals surface area contributed by atoms with Crippen LogP contribution in [0.25, 0.3) is 0 Å². The topological polar surface area (TPSA) is 91.7 Å². The maximum Gasteiger partial charge on any atom is 0.330 e. The fraction of sp³-hybridized carbons (Fsp3) is 0.500. The molecule has 0 atom stereocenters. The zero-order chi connectivity index (χ0) is 9.78. The third-order valence-corrected chi connectivity index (χ3v) is 1.92. The van der Waals surface area contributed by atoms with E-state index in [1.807, 2.05) is 0 Å². The molecule has 0 saturated carbocycles. The van der Waals surface area contributed by atoms with Gasteiger partial charge in [-0.15, -0.1) is 0 Å². The van der Waals surface area contributed by atoms with Gasteiger partial charge in [0.1, 0.15) is 0 Å². The van der Waals surface area contributed by atoms with Gasteiger partial charge in [0.2, 0.25) is 0 Å². The molecule has 0 aliphatic heterocycles. The number of allylic oxidation sites excluding steroid dienone is 1. The second-order valence-corrected chi connectivity index (χ2v) is 3.84. The van der Waals surface area contributed by atoms with E-state index < -0.39 is 21.8 Å². The van der Waals surface area contributed by atoms with E-state index in [-0.39, 0.29) is 63.4 Å². The first kappa shape index (κ1) is 16.2. The second-order valence-electron chi connectivity index (χ2n) is 2.27. The number of carboxylic acid groups (broad SMARTS) is 1. The first-order valence-corrected chi connectivity index (χ1v) is 4.79. The van der Waals surface area contributed by atoms with Crippen molar-refractivity contribution in [3.05, 3.63) is 11.6 Å². The van der Waals surface area contributed by atoms with Gasteiger partial charge < -0.3 is 5.11 Å². The summed E-state index contributed by atoms with van der Waals surface area (Å²) >= 11 is 0. The summed E-state index contributed by atoms with van der Waals surface area (Å²) in [6, 6.07) is 0. The average Bonchev–Trinajstić information content (AvgIpc) is 1.84. The molecule has 7 heteroatoms. The van der Waals surface area contributed by atoms with Gasteiger partial charge in [0.15, 0.2) is 0 Å². The van der Waals surface area contributed by atoms with Crippen LogP contribution >= 0.6 is 0 Å². The summed E-state index contributed by atoms with van der Waals surface area (Å²) in [4.78, 5) is 10.2. The second kappa shape index (κ2) is 7.10. The molecule has 0 unspecified atom stereocenters. The Kier molecular flexibility index (Phi) is 8.85. The van der Waals surface area contributed by atoms with Crippen LogP contribution in [0.1, 0.15) is 13.3 Å². The molecular weight excluding hydrogens is 223 g/mol. The Morgan fingerprint density at radius 1 is 1.46 bits per heavy atom. The van der Waals surface area contributed by atoms with E-state index in [0.29, 0.717) is 0 Å². The van der Waals surface area contributed by atoms with Crippen molar-refractivity contribution in [2.75, 3.05) is 5.75 Å². The molecule has 0 aliphatic carbocycles. The molecule has 2 N–H and O–H groups in total. The number of hydrogen-bond donors (Lipinski definition) is 2. The zero-order valence-corrected chi connectivity index (χ0v) is 11.5. The van der Waals surface area contributed by atoms with Crippen molar-refractivity contribution in [1.82, 2.24) is 0 Å². The van der Waals surface area contributed by atoms with E-state index in [2.05, 4.69) is 0 Å². The fourth-order valence-corrected chi connectivity index (χ4v) is 0.927. The largest absolute Gasteiger partial charge is 0.478 e. The van der Waals surface area contributed by atoms with Crippen molar-refractivity contribution in [3.8, 4) is 0 Å². The predicted molar refractivity (Wildman–Crippen MR) is 48.2 cm³/mol. The molecule has 0 rings (SSSR count). The van der Waals surface area contributed by atoms with Gasteiger partial charge in [0.25, 0.3) is 10.1 Å². The zero-order valence-electron chi connectivity index (χ0n) is 7.52. The molecule has 0 spiro atoms. The van der Waals surface area contributed by atoms with Crippen LogP contribution < -0.4 is 0 Å². The summed E-state index contributed by atoms with van der Waals surface area (Å²) in [6.45, 7) is 1.35. The minimum Gasteiger partial charge on any atom is -0.478 e. The summed E-state index contributed by atoms with van der Waals surface area (Å²) in [7, 11) is -3.98. The van der Waals surface area contributed by atoms with Gasteiger partial charge in [-0.1, -0.05) is 6.08 Å². The van der Waals surface area contributed by atoms with Crippen molar-refractivity contribution in [2.24, 2.45) is 0 Å². The molecule has 0 bridgehead atoms. The minimum atomic E-state index is -3.98. The Bertz CT molecular complexity index is 292. The molecule has 0 aromatic carbocycles. The van der Waals surface area contributed by atoms with Crippen molar-refractivity contribution >= 4 is 67.5 Å². The maximum atomic E-state index is 10.2. The number of carbonyl (C=O) groups is 1. The standard InChI is InChI=1S/C6H10O5S.K/c1-5(6(7)8)3-2-4-12(9,10)11;/h3H,2,4H2,1H3,(H,7,8)(H,9,10,11);. The third kappa shape index (κ3) is 10.7. The van der Waals surface area contributed by atoms with E-state index in [1.54, 1.807) is 0 Å². The van der Waals surface area contributed by atoms with Crippen LogP contribution in [0.15, 0.2) is 11.6 Å². The van der Waals surface area contributed by atoms with E-state index in [1.165, 1.54) is 13.0 Å². The van der Waals surface area contributed by atoms with E-state index in [0.717, 1.165) is 0 Å². The average molecular weight is 233 g/mol. The van der Waals surface area contributed by atoms with Crippen LogP contribution in [0, 0.1) is 0 Å². The van der Waals surface area contributed by atoms with Crippen molar-refractivity contribution in [2.45, 2.75) is 13.3 Å². The van der Waals surface area contributed by atoms with Crippen LogP contribution in [0.4, 0.5) is 0 Å². The first-order valence-electron chi connectivity index (χ1n) is 3.18. The molecule has 0 heterocycles. The first-order chi connectivity index (χ1) is 5.33. The summed E-state index contributed by atoms with van der Waals surface area (Å²) in [6.07, 6.45) is 1.26. The van der Waals surface area contributed by atoms with Crippen molar-refractivity contribution in [1.29, 1.82) is 0 Å². The summed E-state index contributed by atoms with van der Waals surface area (Å²) in [5.41, 5.74) is 0.0682. The molecule has 0 fully saturated rings. The molecule has 0 saturated heterocycles. The van der Waals surface area contributed by atoms with Gasteiger partial charge in [-0.05, 0) is 13.3 Å². The summed E-state index contributed by atoms with van der Waals surface area (Å²) in [5.74, 6) is -1.54. The van der Waals surface area contributed by atoms with Gasteiger partial charge in [-0.3, -0.25) is 4.55 Å². The molecule has 71 valence electrons. The quantitative estimate of drug-likeness (QED) is 0.402. The fourth-order valence-electron chi connectivity index (χ4n) is 0.512. The van der Waals surface area contributed by atoms with Crippen LogP contribution in [-0.4, -0.2) is 81.2 Å². The Balaban J connectivity index is 0. The van der Waals surface area contributed by atoms with Gasteiger partial charge in [0, 0.05) is 57.0 Å². The molecule has 13 heavy (non-hydrogen) atoms. The molecule has 0 aromatic rings. The van der Waals surface area contributed by atoms with Crippen LogP contribution in [0.2, 0.25) is 0 Å². The summed E-state index contributed by atoms with van der Waals surface area (Å²) < 4.78 is 28.6. The molecule has 5 nitrogen and oxygen atoms in total. The number of rotatable bonds is 4. The Morgan fingerprint density at radius 3 is 2.23 bits per heavy atom. The van der Waals surface area contributed by atoms with Gasteiger partial charge in [0.05, 0.1) is 5.75 Å². The minimum absolute atomic E-state index is 0. The number of aliphatic carboxylic acids is 1. The normalized spacial score (nSPS) is 12.0. The van der Waals surface area contributed by atoms with Crippen LogP contribution in [0.5, 0.6) is 0 Å². The van der Waals surface area contributed by atoms with Crippen molar-refractivity contribution in [3.63, 3.8) is 0 Å². The predicted octanol–water partition coefficient (Wildman–Crippen LogP) is -0.0856. The maximum absolute atomic E-state index is 10.2. The van der Waals surface area contributed by atoms with Gasteiger partial charge >= 0.3 is 5.97 Å². The Hall–Kier alpha value is 0.756. The third-order valence-electron chi connectivity index (χ3n) is 1.16.